The largest absolute Gasteiger partial charge is 0.430 e. The van der Waals surface area contributed by atoms with Gasteiger partial charge in [0.25, 0.3) is 5.19 Å². The Bertz CT molecular complexity index is 1160. The van der Waals surface area contributed by atoms with Gasteiger partial charge in [-0.05, 0) is 47.7 Å². The number of rotatable bonds is 4. The number of hydrogen-bond acceptors (Lipinski definition) is 6. The zero-order valence-corrected chi connectivity index (χ0v) is 15.3. The predicted molar refractivity (Wildman–Crippen MR) is 103 cm³/mol. The SMILES string of the molecule is Clc1ccc(-c2cn3nc(Oc4ccc(-n5cncn5)cc4)sc3n2)cc1. The van der Waals surface area contributed by atoms with Crippen molar-refractivity contribution in [1.82, 2.24) is 29.4 Å². The lowest BCUT2D eigenvalue weighted by Gasteiger charge is -2.03. The van der Waals surface area contributed by atoms with Gasteiger partial charge in [0.2, 0.25) is 4.96 Å². The zero-order valence-electron chi connectivity index (χ0n) is 13.7. The highest BCUT2D eigenvalue weighted by Gasteiger charge is 2.11. The first kappa shape index (κ1) is 16.0. The maximum Gasteiger partial charge on any atom is 0.299 e. The fourth-order valence-electron chi connectivity index (χ4n) is 2.59. The molecule has 5 aromatic rings. The number of hydrogen-bond donors (Lipinski definition) is 0. The predicted octanol–water partition coefficient (Wildman–Crippen LogP) is 4.48. The average Bonchev–Trinajstić information content (AvgIpc) is 3.39. The van der Waals surface area contributed by atoms with E-state index < -0.39 is 0 Å². The van der Waals surface area contributed by atoms with Gasteiger partial charge in [-0.15, -0.1) is 5.10 Å². The van der Waals surface area contributed by atoms with Crippen molar-refractivity contribution in [3.05, 3.63) is 72.4 Å². The lowest BCUT2D eigenvalue weighted by Crippen LogP contribution is -1.93. The highest BCUT2D eigenvalue weighted by atomic mass is 35.5. The van der Waals surface area contributed by atoms with E-state index in [0.717, 1.165) is 21.9 Å². The molecule has 0 unspecified atom stereocenters. The van der Waals surface area contributed by atoms with Crippen molar-refractivity contribution in [1.29, 1.82) is 0 Å². The van der Waals surface area contributed by atoms with Crippen LogP contribution in [0.1, 0.15) is 0 Å². The summed E-state index contributed by atoms with van der Waals surface area (Å²) in [5, 5.41) is 9.76. The van der Waals surface area contributed by atoms with E-state index in [1.165, 1.54) is 17.7 Å². The second kappa shape index (κ2) is 6.49. The van der Waals surface area contributed by atoms with Crippen LogP contribution < -0.4 is 4.74 Å². The van der Waals surface area contributed by atoms with E-state index >= 15 is 0 Å². The Morgan fingerprint density at radius 3 is 2.52 bits per heavy atom. The van der Waals surface area contributed by atoms with Gasteiger partial charge in [0.15, 0.2) is 0 Å². The third kappa shape index (κ3) is 3.16. The summed E-state index contributed by atoms with van der Waals surface area (Å²) in [6, 6.07) is 15.1. The van der Waals surface area contributed by atoms with E-state index in [-0.39, 0.29) is 0 Å². The Hall–Kier alpha value is -3.23. The summed E-state index contributed by atoms with van der Waals surface area (Å²) in [6.45, 7) is 0. The Morgan fingerprint density at radius 2 is 1.81 bits per heavy atom. The topological polar surface area (TPSA) is 70.1 Å². The van der Waals surface area contributed by atoms with Gasteiger partial charge in [-0.3, -0.25) is 0 Å². The molecule has 132 valence electrons. The van der Waals surface area contributed by atoms with Gasteiger partial charge < -0.3 is 4.74 Å². The molecule has 27 heavy (non-hydrogen) atoms. The summed E-state index contributed by atoms with van der Waals surface area (Å²) in [4.78, 5) is 9.29. The molecule has 0 bridgehead atoms. The van der Waals surface area contributed by atoms with Gasteiger partial charge in [-0.2, -0.15) is 5.10 Å². The quantitative estimate of drug-likeness (QED) is 0.449. The number of nitrogens with zero attached hydrogens (tertiary/aromatic N) is 6. The fraction of sp³-hybridized carbons (Fsp3) is 0. The van der Waals surface area contributed by atoms with Crippen LogP contribution in [-0.2, 0) is 0 Å². The highest BCUT2D eigenvalue weighted by Crippen LogP contribution is 2.29. The number of halogens is 1. The van der Waals surface area contributed by atoms with Crippen molar-refractivity contribution in [3.63, 3.8) is 0 Å². The van der Waals surface area contributed by atoms with Crippen LogP contribution in [0.3, 0.4) is 0 Å². The molecule has 0 aliphatic carbocycles. The van der Waals surface area contributed by atoms with Crippen LogP contribution in [-0.4, -0.2) is 29.4 Å². The third-order valence-electron chi connectivity index (χ3n) is 3.89. The van der Waals surface area contributed by atoms with Crippen molar-refractivity contribution in [2.75, 3.05) is 0 Å². The monoisotopic (exact) mass is 394 g/mol. The van der Waals surface area contributed by atoms with Gasteiger partial charge in [-0.1, -0.05) is 23.7 Å². The molecular formula is C18H11ClN6OS. The fourth-order valence-corrected chi connectivity index (χ4v) is 3.47. The zero-order chi connectivity index (χ0) is 18.2. The molecule has 0 N–H and O–H groups in total. The van der Waals surface area contributed by atoms with Crippen molar-refractivity contribution < 1.29 is 4.74 Å². The van der Waals surface area contributed by atoms with Crippen molar-refractivity contribution in [3.8, 4) is 27.9 Å². The Kier molecular flexibility index (Phi) is 3.84. The van der Waals surface area contributed by atoms with E-state index in [2.05, 4.69) is 20.2 Å². The first-order valence-electron chi connectivity index (χ1n) is 8.00. The summed E-state index contributed by atoms with van der Waals surface area (Å²) in [7, 11) is 0. The molecule has 0 radical (unpaired) electrons. The van der Waals surface area contributed by atoms with Gasteiger partial charge in [-0.25, -0.2) is 19.2 Å². The highest BCUT2D eigenvalue weighted by molar-refractivity contribution is 7.18. The molecule has 0 amide bonds. The Labute approximate surface area is 162 Å². The lowest BCUT2D eigenvalue weighted by atomic mass is 10.2. The molecule has 0 saturated carbocycles. The summed E-state index contributed by atoms with van der Waals surface area (Å²) in [5.41, 5.74) is 2.74. The van der Waals surface area contributed by atoms with E-state index in [9.17, 15) is 0 Å². The molecule has 0 spiro atoms. The van der Waals surface area contributed by atoms with Gasteiger partial charge in [0, 0.05) is 10.6 Å². The minimum absolute atomic E-state index is 0.522. The molecule has 3 heterocycles. The van der Waals surface area contributed by atoms with Crippen LogP contribution in [0.5, 0.6) is 10.9 Å². The maximum atomic E-state index is 5.93. The lowest BCUT2D eigenvalue weighted by molar-refractivity contribution is 0.470. The molecule has 0 saturated heterocycles. The number of aromatic nitrogens is 6. The number of fused-ring (bicyclic) bond motifs is 1. The molecule has 0 aliphatic heterocycles. The maximum absolute atomic E-state index is 5.93. The molecule has 2 aromatic carbocycles. The van der Waals surface area contributed by atoms with Crippen LogP contribution >= 0.6 is 22.9 Å². The minimum Gasteiger partial charge on any atom is -0.430 e. The average molecular weight is 395 g/mol. The minimum atomic E-state index is 0.522. The van der Waals surface area contributed by atoms with E-state index in [0.29, 0.717) is 16.0 Å². The standard InChI is InChI=1S/C18H11ClN6OS/c19-13-3-1-12(2-4-13)16-9-24-17(22-16)27-18(23-24)26-15-7-5-14(6-8-15)25-11-20-10-21-25/h1-11H. The molecule has 3 aromatic heterocycles. The molecule has 0 aliphatic rings. The first-order valence-corrected chi connectivity index (χ1v) is 9.19. The van der Waals surface area contributed by atoms with Crippen molar-refractivity contribution in [2.45, 2.75) is 0 Å². The molecule has 0 atom stereocenters. The molecule has 9 heteroatoms. The number of imidazole rings is 1. The number of benzene rings is 2. The number of ether oxygens (including phenoxy) is 1. The van der Waals surface area contributed by atoms with Crippen LogP contribution in [0, 0.1) is 0 Å². The van der Waals surface area contributed by atoms with Gasteiger partial charge >= 0.3 is 0 Å². The van der Waals surface area contributed by atoms with Crippen molar-refractivity contribution >= 4 is 27.9 Å². The summed E-state index contributed by atoms with van der Waals surface area (Å²) in [5.74, 6) is 0.689. The Balaban J connectivity index is 1.36. The van der Waals surface area contributed by atoms with Crippen LogP contribution in [0.2, 0.25) is 5.02 Å². The molecule has 0 fully saturated rings. The van der Waals surface area contributed by atoms with Crippen molar-refractivity contribution in [2.24, 2.45) is 0 Å². The second-order valence-electron chi connectivity index (χ2n) is 5.66. The Morgan fingerprint density at radius 1 is 1.00 bits per heavy atom. The third-order valence-corrected chi connectivity index (χ3v) is 4.94. The molecular weight excluding hydrogens is 384 g/mol. The van der Waals surface area contributed by atoms with Gasteiger partial charge in [0.05, 0.1) is 17.6 Å². The summed E-state index contributed by atoms with van der Waals surface area (Å²) in [6.07, 6.45) is 5.01. The summed E-state index contributed by atoms with van der Waals surface area (Å²) < 4.78 is 9.24. The van der Waals surface area contributed by atoms with E-state index in [4.69, 9.17) is 16.3 Å². The van der Waals surface area contributed by atoms with Crippen LogP contribution in [0.4, 0.5) is 0 Å². The van der Waals surface area contributed by atoms with Gasteiger partial charge in [0.1, 0.15) is 18.4 Å². The van der Waals surface area contributed by atoms with Crippen LogP contribution in [0.25, 0.3) is 21.9 Å². The van der Waals surface area contributed by atoms with E-state index in [1.54, 1.807) is 15.5 Å². The summed E-state index contributed by atoms with van der Waals surface area (Å²) >= 11 is 7.31. The van der Waals surface area contributed by atoms with E-state index in [1.807, 2.05) is 54.7 Å². The molecule has 5 rings (SSSR count). The second-order valence-corrected chi connectivity index (χ2v) is 7.02. The first-order chi connectivity index (χ1) is 13.2. The van der Waals surface area contributed by atoms with Crippen LogP contribution in [0.15, 0.2) is 67.4 Å². The normalized spacial score (nSPS) is 11.1. The molecule has 7 nitrogen and oxygen atoms in total. The smallest absolute Gasteiger partial charge is 0.299 e.